The van der Waals surface area contributed by atoms with Crippen LogP contribution in [0.25, 0.3) is 0 Å². The van der Waals surface area contributed by atoms with Crippen molar-refractivity contribution in [1.29, 1.82) is 0 Å². The van der Waals surface area contributed by atoms with Crippen LogP contribution in [0.5, 0.6) is 0 Å². The summed E-state index contributed by atoms with van der Waals surface area (Å²) in [5.74, 6) is 0.113. The van der Waals surface area contributed by atoms with Crippen molar-refractivity contribution in [2.75, 3.05) is 0 Å². The van der Waals surface area contributed by atoms with Gasteiger partial charge < -0.3 is 11.5 Å². The summed E-state index contributed by atoms with van der Waals surface area (Å²) >= 11 is 0. The van der Waals surface area contributed by atoms with E-state index in [9.17, 15) is 0 Å². The Morgan fingerprint density at radius 1 is 1.33 bits per heavy atom. The Labute approximate surface area is 77.1 Å². The van der Waals surface area contributed by atoms with Crippen molar-refractivity contribution in [1.82, 2.24) is 4.98 Å². The second-order valence-electron chi connectivity index (χ2n) is 2.10. The number of halogens is 1. The molecule has 0 radical (unpaired) electrons. The van der Waals surface area contributed by atoms with E-state index in [1.165, 1.54) is 0 Å². The maximum atomic E-state index is 5.15. The van der Waals surface area contributed by atoms with Crippen LogP contribution in [0.2, 0.25) is 0 Å². The summed E-state index contributed by atoms with van der Waals surface area (Å²) < 4.78 is 0. The average molecular weight is 187 g/mol. The number of aromatic nitrogens is 1. The van der Waals surface area contributed by atoms with Crippen molar-refractivity contribution in [2.45, 2.75) is 6.54 Å². The SMILES string of the molecule is Cl.NC(N)=NCc1ccncc1. The van der Waals surface area contributed by atoms with Crippen molar-refractivity contribution in [3.63, 3.8) is 0 Å². The van der Waals surface area contributed by atoms with Crippen molar-refractivity contribution in [3.8, 4) is 0 Å². The minimum absolute atomic E-state index is 0. The molecule has 0 aliphatic carbocycles. The van der Waals surface area contributed by atoms with Crippen LogP contribution in [0.3, 0.4) is 0 Å². The van der Waals surface area contributed by atoms with Crippen molar-refractivity contribution < 1.29 is 0 Å². The van der Waals surface area contributed by atoms with Crippen LogP contribution >= 0.6 is 12.4 Å². The summed E-state index contributed by atoms with van der Waals surface area (Å²) in [5, 5.41) is 0. The molecule has 0 amide bonds. The van der Waals surface area contributed by atoms with Crippen LogP contribution in [0.4, 0.5) is 0 Å². The fourth-order valence-corrected chi connectivity index (χ4v) is 0.671. The van der Waals surface area contributed by atoms with E-state index in [0.29, 0.717) is 6.54 Å². The van der Waals surface area contributed by atoms with Gasteiger partial charge in [-0.2, -0.15) is 0 Å². The number of hydrogen-bond acceptors (Lipinski definition) is 2. The summed E-state index contributed by atoms with van der Waals surface area (Å²) in [6.45, 7) is 0.519. The zero-order chi connectivity index (χ0) is 8.10. The number of nitrogens with zero attached hydrogens (tertiary/aromatic N) is 2. The van der Waals surface area contributed by atoms with E-state index in [-0.39, 0.29) is 18.4 Å². The Kier molecular flexibility index (Phi) is 4.79. The molecule has 1 heterocycles. The Morgan fingerprint density at radius 3 is 2.42 bits per heavy atom. The number of guanidine groups is 1. The van der Waals surface area contributed by atoms with Crippen molar-refractivity contribution >= 4 is 18.4 Å². The molecule has 4 nitrogen and oxygen atoms in total. The standard InChI is InChI=1S/C7H10N4.ClH/c8-7(9)11-5-6-1-3-10-4-2-6;/h1-4H,5H2,(H4,8,9,11);1H. The lowest BCUT2D eigenvalue weighted by Gasteiger charge is -1.94. The second-order valence-corrected chi connectivity index (χ2v) is 2.10. The molecule has 0 atom stereocenters. The molecule has 12 heavy (non-hydrogen) atoms. The molecular formula is C7H11ClN4. The lowest BCUT2D eigenvalue weighted by molar-refractivity contribution is 1.04. The van der Waals surface area contributed by atoms with Gasteiger partial charge in [-0.1, -0.05) is 0 Å². The van der Waals surface area contributed by atoms with Crippen LogP contribution in [-0.2, 0) is 6.54 Å². The first-order valence-electron chi connectivity index (χ1n) is 3.23. The average Bonchev–Trinajstić information content (AvgIpc) is 2.03. The Balaban J connectivity index is 0.00000121. The minimum atomic E-state index is 0. The third-order valence-corrected chi connectivity index (χ3v) is 1.19. The van der Waals surface area contributed by atoms with E-state index >= 15 is 0 Å². The van der Waals surface area contributed by atoms with Crippen LogP contribution in [-0.4, -0.2) is 10.9 Å². The van der Waals surface area contributed by atoms with Crippen molar-refractivity contribution in [3.05, 3.63) is 30.1 Å². The summed E-state index contributed by atoms with van der Waals surface area (Å²) in [6.07, 6.45) is 3.41. The van der Waals surface area contributed by atoms with Gasteiger partial charge in [0.25, 0.3) is 0 Å². The molecule has 0 saturated heterocycles. The largest absolute Gasteiger partial charge is 0.370 e. The van der Waals surface area contributed by atoms with Gasteiger partial charge in [0.2, 0.25) is 0 Å². The lowest BCUT2D eigenvalue weighted by Crippen LogP contribution is -2.22. The van der Waals surface area contributed by atoms with Gasteiger partial charge in [0, 0.05) is 12.4 Å². The fourth-order valence-electron chi connectivity index (χ4n) is 0.671. The quantitative estimate of drug-likeness (QED) is 0.515. The molecule has 0 aromatic carbocycles. The van der Waals surface area contributed by atoms with E-state index in [2.05, 4.69) is 9.98 Å². The van der Waals surface area contributed by atoms with E-state index in [1.54, 1.807) is 12.4 Å². The maximum Gasteiger partial charge on any atom is 0.186 e. The topological polar surface area (TPSA) is 77.3 Å². The Bertz CT molecular complexity index is 243. The highest BCUT2D eigenvalue weighted by molar-refractivity contribution is 5.85. The molecule has 1 rings (SSSR count). The lowest BCUT2D eigenvalue weighted by atomic mass is 10.3. The molecule has 4 N–H and O–H groups in total. The summed E-state index contributed by atoms with van der Waals surface area (Å²) in [5.41, 5.74) is 11.4. The Hall–Kier alpha value is -1.29. The molecule has 66 valence electrons. The third-order valence-electron chi connectivity index (χ3n) is 1.19. The van der Waals surface area contributed by atoms with Gasteiger partial charge in [-0.3, -0.25) is 4.98 Å². The van der Waals surface area contributed by atoms with E-state index < -0.39 is 0 Å². The highest BCUT2D eigenvalue weighted by Gasteiger charge is 1.87. The maximum absolute atomic E-state index is 5.15. The minimum Gasteiger partial charge on any atom is -0.370 e. The normalized spacial score (nSPS) is 8.33. The van der Waals surface area contributed by atoms with Gasteiger partial charge in [0.05, 0.1) is 6.54 Å². The van der Waals surface area contributed by atoms with E-state index in [1.807, 2.05) is 12.1 Å². The zero-order valence-corrected chi connectivity index (χ0v) is 7.29. The molecule has 0 bridgehead atoms. The molecule has 0 spiro atoms. The summed E-state index contributed by atoms with van der Waals surface area (Å²) in [6, 6.07) is 3.74. The van der Waals surface area contributed by atoms with Crippen LogP contribution in [0.15, 0.2) is 29.5 Å². The van der Waals surface area contributed by atoms with Gasteiger partial charge in [-0.25, -0.2) is 4.99 Å². The number of nitrogens with two attached hydrogens (primary N) is 2. The van der Waals surface area contributed by atoms with E-state index in [4.69, 9.17) is 11.5 Å². The number of pyridine rings is 1. The predicted molar refractivity (Wildman–Crippen MR) is 51.0 cm³/mol. The number of aliphatic imine (C=N–C) groups is 1. The molecule has 0 fully saturated rings. The molecule has 0 saturated carbocycles. The van der Waals surface area contributed by atoms with Gasteiger partial charge in [-0.05, 0) is 17.7 Å². The van der Waals surface area contributed by atoms with Gasteiger partial charge in [0.1, 0.15) is 0 Å². The molecule has 0 aliphatic heterocycles. The smallest absolute Gasteiger partial charge is 0.186 e. The van der Waals surface area contributed by atoms with Crippen LogP contribution in [0, 0.1) is 0 Å². The third kappa shape index (κ3) is 3.78. The zero-order valence-electron chi connectivity index (χ0n) is 6.47. The monoisotopic (exact) mass is 186 g/mol. The van der Waals surface area contributed by atoms with E-state index in [0.717, 1.165) is 5.56 Å². The van der Waals surface area contributed by atoms with Gasteiger partial charge in [-0.15, -0.1) is 12.4 Å². The first-order valence-corrected chi connectivity index (χ1v) is 3.23. The molecule has 5 heteroatoms. The molecule has 1 aromatic rings. The van der Waals surface area contributed by atoms with Crippen molar-refractivity contribution in [2.24, 2.45) is 16.5 Å². The Morgan fingerprint density at radius 2 is 1.92 bits per heavy atom. The molecule has 0 aliphatic rings. The first-order chi connectivity index (χ1) is 5.29. The summed E-state index contributed by atoms with van der Waals surface area (Å²) in [4.78, 5) is 7.70. The van der Waals surface area contributed by atoms with Gasteiger partial charge in [0.15, 0.2) is 5.96 Å². The fraction of sp³-hybridized carbons (Fsp3) is 0.143. The van der Waals surface area contributed by atoms with Gasteiger partial charge >= 0.3 is 0 Å². The molecule has 1 aromatic heterocycles. The second kappa shape index (κ2) is 5.37. The van der Waals surface area contributed by atoms with Crippen LogP contribution in [0.1, 0.15) is 5.56 Å². The summed E-state index contributed by atoms with van der Waals surface area (Å²) in [7, 11) is 0. The first kappa shape index (κ1) is 10.7. The predicted octanol–water partition coefficient (Wildman–Crippen LogP) is 0.277. The number of hydrogen-bond donors (Lipinski definition) is 2. The molecular weight excluding hydrogens is 176 g/mol. The highest BCUT2D eigenvalue weighted by Crippen LogP contribution is 1.96. The van der Waals surface area contributed by atoms with Crippen LogP contribution < -0.4 is 11.5 Å². The highest BCUT2D eigenvalue weighted by atomic mass is 35.5. The molecule has 0 unspecified atom stereocenters. The number of rotatable bonds is 2.